The van der Waals surface area contributed by atoms with Crippen LogP contribution < -0.4 is 0 Å². The van der Waals surface area contributed by atoms with Crippen LogP contribution >= 0.6 is 0 Å². The number of nitrogens with zero attached hydrogens (tertiary/aromatic N) is 2. The fourth-order valence-electron chi connectivity index (χ4n) is 2.75. The predicted molar refractivity (Wildman–Crippen MR) is 64.9 cm³/mol. The van der Waals surface area contributed by atoms with Gasteiger partial charge < -0.3 is 14.9 Å². The first-order chi connectivity index (χ1) is 8.29. The quantitative estimate of drug-likeness (QED) is 0.659. The first kappa shape index (κ1) is 13.2. The third kappa shape index (κ3) is 3.89. The van der Waals surface area contributed by atoms with Crippen molar-refractivity contribution in [1.82, 2.24) is 9.80 Å². The summed E-state index contributed by atoms with van der Waals surface area (Å²) in [6, 6.07) is 0.259. The molecule has 2 heterocycles. The number of aliphatic hydroxyl groups is 2. The van der Waals surface area contributed by atoms with Crippen molar-refractivity contribution in [3.05, 3.63) is 0 Å². The van der Waals surface area contributed by atoms with Crippen LogP contribution in [0.5, 0.6) is 0 Å². The number of aliphatic hydroxyl groups excluding tert-OH is 2. The summed E-state index contributed by atoms with van der Waals surface area (Å²) in [4.78, 5) is 4.46. The monoisotopic (exact) mass is 244 g/mol. The van der Waals surface area contributed by atoms with E-state index in [1.165, 1.54) is 0 Å². The van der Waals surface area contributed by atoms with Crippen molar-refractivity contribution in [3.8, 4) is 0 Å². The van der Waals surface area contributed by atoms with Gasteiger partial charge in [-0.15, -0.1) is 0 Å². The minimum Gasteiger partial charge on any atom is -0.395 e. The van der Waals surface area contributed by atoms with Gasteiger partial charge in [0, 0.05) is 32.2 Å². The summed E-state index contributed by atoms with van der Waals surface area (Å²) in [6.07, 6.45) is 1.87. The molecule has 0 aromatic rings. The van der Waals surface area contributed by atoms with E-state index in [0.717, 1.165) is 52.2 Å². The first-order valence-electron chi connectivity index (χ1n) is 6.62. The maximum Gasteiger partial charge on any atom is 0.0793 e. The Balaban J connectivity index is 1.70. The van der Waals surface area contributed by atoms with Gasteiger partial charge in [-0.3, -0.25) is 9.80 Å². The molecule has 2 rings (SSSR count). The van der Waals surface area contributed by atoms with Crippen molar-refractivity contribution in [2.75, 3.05) is 52.5 Å². The molecular formula is C12H24N2O3. The second kappa shape index (κ2) is 6.66. The normalized spacial score (nSPS) is 29.6. The number of ether oxygens (including phenoxy) is 1. The summed E-state index contributed by atoms with van der Waals surface area (Å²) in [7, 11) is 0. The molecule has 2 aliphatic heterocycles. The van der Waals surface area contributed by atoms with E-state index in [1.807, 2.05) is 0 Å². The predicted octanol–water partition coefficient (Wildman–Crippen LogP) is -0.864. The van der Waals surface area contributed by atoms with Gasteiger partial charge in [0.25, 0.3) is 0 Å². The molecule has 2 unspecified atom stereocenters. The van der Waals surface area contributed by atoms with E-state index in [2.05, 4.69) is 9.80 Å². The molecule has 0 aromatic carbocycles. The highest BCUT2D eigenvalue weighted by molar-refractivity contribution is 4.81. The van der Waals surface area contributed by atoms with Gasteiger partial charge in [0.2, 0.25) is 0 Å². The lowest BCUT2D eigenvalue weighted by atomic mass is 10.2. The van der Waals surface area contributed by atoms with E-state index >= 15 is 0 Å². The second-order valence-corrected chi connectivity index (χ2v) is 5.04. The number of β-amino-alcohol motifs (C(OH)–C–C–N with tert-alkyl or cyclic N) is 1. The zero-order valence-corrected chi connectivity index (χ0v) is 10.4. The van der Waals surface area contributed by atoms with Crippen LogP contribution in [0.25, 0.3) is 0 Å². The lowest BCUT2D eigenvalue weighted by Crippen LogP contribution is -2.46. The van der Waals surface area contributed by atoms with Gasteiger partial charge in [-0.25, -0.2) is 0 Å². The van der Waals surface area contributed by atoms with E-state index in [1.54, 1.807) is 0 Å². The molecule has 0 spiro atoms. The van der Waals surface area contributed by atoms with Gasteiger partial charge >= 0.3 is 0 Å². The molecule has 2 aliphatic rings. The fraction of sp³-hybridized carbons (Fsp3) is 1.00. The minimum absolute atomic E-state index is 0.213. The maximum absolute atomic E-state index is 10.1. The molecule has 5 heteroatoms. The van der Waals surface area contributed by atoms with Crippen LogP contribution in [0.3, 0.4) is 0 Å². The van der Waals surface area contributed by atoms with Crippen molar-refractivity contribution >= 4 is 0 Å². The molecule has 2 N–H and O–H groups in total. The van der Waals surface area contributed by atoms with E-state index in [0.29, 0.717) is 6.54 Å². The molecule has 2 fully saturated rings. The number of likely N-dealkylation sites (tertiary alicyclic amines) is 1. The average Bonchev–Trinajstić information content (AvgIpc) is 2.77. The molecule has 2 saturated heterocycles. The Morgan fingerprint density at radius 1 is 1.18 bits per heavy atom. The van der Waals surface area contributed by atoms with Crippen molar-refractivity contribution in [2.24, 2.45) is 0 Å². The SMILES string of the molecule is OCC1CCCN1CC(O)CN1CCOCC1. The van der Waals surface area contributed by atoms with Crippen molar-refractivity contribution < 1.29 is 14.9 Å². The van der Waals surface area contributed by atoms with E-state index in [-0.39, 0.29) is 18.8 Å². The molecule has 0 bridgehead atoms. The summed E-state index contributed by atoms with van der Waals surface area (Å²) in [5.74, 6) is 0. The van der Waals surface area contributed by atoms with E-state index in [9.17, 15) is 10.2 Å². The topological polar surface area (TPSA) is 56.2 Å². The summed E-state index contributed by atoms with van der Waals surface area (Å²) in [6.45, 7) is 6.00. The number of hydrogen-bond donors (Lipinski definition) is 2. The summed E-state index contributed by atoms with van der Waals surface area (Å²) in [5, 5.41) is 19.3. The Kier molecular flexibility index (Phi) is 5.18. The van der Waals surface area contributed by atoms with Crippen molar-refractivity contribution in [2.45, 2.75) is 25.0 Å². The largest absolute Gasteiger partial charge is 0.395 e. The highest BCUT2D eigenvalue weighted by atomic mass is 16.5. The third-order valence-electron chi connectivity index (χ3n) is 3.73. The Morgan fingerprint density at radius 3 is 2.65 bits per heavy atom. The molecule has 0 aromatic heterocycles. The number of rotatable bonds is 5. The summed E-state index contributed by atoms with van der Waals surface area (Å²) < 4.78 is 5.28. The Bertz CT molecular complexity index is 222. The van der Waals surface area contributed by atoms with Crippen LogP contribution in [0.15, 0.2) is 0 Å². The van der Waals surface area contributed by atoms with Gasteiger partial charge in [-0.05, 0) is 19.4 Å². The molecular weight excluding hydrogens is 220 g/mol. The smallest absolute Gasteiger partial charge is 0.0793 e. The molecule has 0 saturated carbocycles. The Labute approximate surface area is 103 Å². The van der Waals surface area contributed by atoms with Gasteiger partial charge in [-0.1, -0.05) is 0 Å². The third-order valence-corrected chi connectivity index (χ3v) is 3.73. The van der Waals surface area contributed by atoms with Gasteiger partial charge in [0.15, 0.2) is 0 Å². The molecule has 5 nitrogen and oxygen atoms in total. The summed E-state index contributed by atoms with van der Waals surface area (Å²) >= 11 is 0. The zero-order valence-electron chi connectivity index (χ0n) is 10.4. The van der Waals surface area contributed by atoms with Crippen LogP contribution in [0.2, 0.25) is 0 Å². The highest BCUT2D eigenvalue weighted by Gasteiger charge is 2.26. The maximum atomic E-state index is 10.1. The van der Waals surface area contributed by atoms with Crippen LogP contribution in [-0.4, -0.2) is 84.7 Å². The lowest BCUT2D eigenvalue weighted by Gasteiger charge is -2.31. The average molecular weight is 244 g/mol. The lowest BCUT2D eigenvalue weighted by molar-refractivity contribution is 0.00397. The molecule has 0 aliphatic carbocycles. The molecule has 0 amide bonds. The van der Waals surface area contributed by atoms with Gasteiger partial charge in [0.1, 0.15) is 0 Å². The molecule has 0 radical (unpaired) electrons. The first-order valence-corrected chi connectivity index (χ1v) is 6.62. The van der Waals surface area contributed by atoms with Crippen LogP contribution in [0.1, 0.15) is 12.8 Å². The Morgan fingerprint density at radius 2 is 1.94 bits per heavy atom. The molecule has 100 valence electrons. The molecule has 17 heavy (non-hydrogen) atoms. The van der Waals surface area contributed by atoms with Gasteiger partial charge in [-0.2, -0.15) is 0 Å². The number of hydrogen-bond acceptors (Lipinski definition) is 5. The van der Waals surface area contributed by atoms with Crippen LogP contribution in [0.4, 0.5) is 0 Å². The Hall–Kier alpha value is -0.200. The number of morpholine rings is 1. The van der Waals surface area contributed by atoms with Gasteiger partial charge in [0.05, 0.1) is 25.9 Å². The highest BCUT2D eigenvalue weighted by Crippen LogP contribution is 2.16. The van der Waals surface area contributed by atoms with E-state index in [4.69, 9.17) is 4.74 Å². The minimum atomic E-state index is -0.319. The fourth-order valence-corrected chi connectivity index (χ4v) is 2.75. The standard InChI is InChI=1S/C12H24N2O3/c15-10-11-2-1-3-14(11)9-12(16)8-13-4-6-17-7-5-13/h11-12,15-16H,1-10H2. The summed E-state index contributed by atoms with van der Waals surface area (Å²) in [5.41, 5.74) is 0. The van der Waals surface area contributed by atoms with Crippen molar-refractivity contribution in [3.63, 3.8) is 0 Å². The van der Waals surface area contributed by atoms with Crippen LogP contribution in [0, 0.1) is 0 Å². The zero-order chi connectivity index (χ0) is 12.1. The second-order valence-electron chi connectivity index (χ2n) is 5.04. The van der Waals surface area contributed by atoms with Crippen LogP contribution in [-0.2, 0) is 4.74 Å². The molecule has 2 atom stereocenters. The van der Waals surface area contributed by atoms with Crippen molar-refractivity contribution in [1.29, 1.82) is 0 Å². The van der Waals surface area contributed by atoms with E-state index < -0.39 is 0 Å².